The monoisotopic (exact) mass is 148 g/mol. The first kappa shape index (κ1) is 9.19. The van der Waals surface area contributed by atoms with Gasteiger partial charge in [-0.3, -0.25) is 10.3 Å². The number of carbonyl (C=O) groups excluding carboxylic acids is 1. The highest BCUT2D eigenvalue weighted by atomic mass is 17.2. The first-order valence-electron chi connectivity index (χ1n) is 2.82. The normalized spacial score (nSPS) is 10.8. The van der Waals surface area contributed by atoms with E-state index in [-0.39, 0.29) is 0 Å². The standard InChI is InChI=1S/C5H12N2O3/c1-5(2,3)10-9-4(8)7-6/h6H2,1-3H3,(H,7,8). The zero-order valence-electron chi connectivity index (χ0n) is 6.30. The van der Waals surface area contributed by atoms with Gasteiger partial charge in [0.2, 0.25) is 0 Å². The maximum atomic E-state index is 10.3. The van der Waals surface area contributed by atoms with Crippen LogP contribution in [-0.4, -0.2) is 11.7 Å². The summed E-state index contributed by atoms with van der Waals surface area (Å²) in [7, 11) is 0. The van der Waals surface area contributed by atoms with Gasteiger partial charge in [-0.2, -0.15) is 4.89 Å². The molecule has 1 amide bonds. The Morgan fingerprint density at radius 2 is 2.00 bits per heavy atom. The van der Waals surface area contributed by atoms with Crippen LogP contribution in [0.1, 0.15) is 20.8 Å². The summed E-state index contributed by atoms with van der Waals surface area (Å²) in [5, 5.41) is 0. The van der Waals surface area contributed by atoms with Crippen molar-refractivity contribution in [3.63, 3.8) is 0 Å². The molecule has 0 aromatic carbocycles. The molecule has 0 heterocycles. The van der Waals surface area contributed by atoms with Gasteiger partial charge in [-0.1, -0.05) is 0 Å². The minimum absolute atomic E-state index is 0.507. The van der Waals surface area contributed by atoms with Crippen LogP contribution in [0.2, 0.25) is 0 Å². The van der Waals surface area contributed by atoms with Gasteiger partial charge in [-0.05, 0) is 20.8 Å². The lowest BCUT2D eigenvalue weighted by Crippen LogP contribution is -2.33. The molecule has 3 N–H and O–H groups in total. The number of amides is 1. The molecule has 0 aliphatic heterocycles. The van der Waals surface area contributed by atoms with Gasteiger partial charge in [-0.25, -0.2) is 10.6 Å². The van der Waals surface area contributed by atoms with Gasteiger partial charge < -0.3 is 0 Å². The van der Waals surface area contributed by atoms with Crippen LogP contribution in [0.4, 0.5) is 4.79 Å². The zero-order valence-corrected chi connectivity index (χ0v) is 6.30. The summed E-state index contributed by atoms with van der Waals surface area (Å²) in [4.78, 5) is 19.0. The maximum Gasteiger partial charge on any atom is 0.452 e. The molecule has 0 radical (unpaired) electrons. The summed E-state index contributed by atoms with van der Waals surface area (Å²) in [6.07, 6.45) is -0.810. The average Bonchev–Trinajstić information content (AvgIpc) is 1.81. The maximum absolute atomic E-state index is 10.3. The van der Waals surface area contributed by atoms with Gasteiger partial charge in [-0.15, -0.1) is 0 Å². The van der Waals surface area contributed by atoms with Crippen molar-refractivity contribution in [1.82, 2.24) is 5.43 Å². The molecule has 60 valence electrons. The van der Waals surface area contributed by atoms with Crippen molar-refractivity contribution < 1.29 is 14.6 Å². The Morgan fingerprint density at radius 3 is 2.30 bits per heavy atom. The molecule has 0 atom stereocenters. The van der Waals surface area contributed by atoms with Crippen LogP contribution in [0.25, 0.3) is 0 Å². The summed E-state index contributed by atoms with van der Waals surface area (Å²) >= 11 is 0. The Bertz CT molecular complexity index is 119. The van der Waals surface area contributed by atoms with Crippen LogP contribution in [0.3, 0.4) is 0 Å². The summed E-state index contributed by atoms with van der Waals surface area (Å²) < 4.78 is 0. The Hall–Kier alpha value is -0.810. The van der Waals surface area contributed by atoms with Gasteiger partial charge in [0, 0.05) is 0 Å². The van der Waals surface area contributed by atoms with Crippen molar-refractivity contribution in [2.75, 3.05) is 0 Å². The average molecular weight is 148 g/mol. The summed E-state index contributed by atoms with van der Waals surface area (Å²) in [5.41, 5.74) is 1.24. The molecule has 0 aliphatic rings. The van der Waals surface area contributed by atoms with Crippen molar-refractivity contribution in [3.05, 3.63) is 0 Å². The molecule has 0 aromatic rings. The summed E-state index contributed by atoms with van der Waals surface area (Å²) in [5.74, 6) is 4.70. The van der Waals surface area contributed by atoms with E-state index >= 15 is 0 Å². The molecule has 0 bridgehead atoms. The van der Waals surface area contributed by atoms with E-state index in [2.05, 4.69) is 9.78 Å². The lowest BCUT2D eigenvalue weighted by Gasteiger charge is -2.15. The van der Waals surface area contributed by atoms with Gasteiger partial charge in [0.05, 0.1) is 0 Å². The minimum Gasteiger partial charge on any atom is -0.274 e. The number of nitrogens with two attached hydrogens (primary N) is 1. The van der Waals surface area contributed by atoms with E-state index in [9.17, 15) is 4.79 Å². The van der Waals surface area contributed by atoms with E-state index < -0.39 is 11.7 Å². The van der Waals surface area contributed by atoms with Crippen LogP contribution in [-0.2, 0) is 9.78 Å². The van der Waals surface area contributed by atoms with E-state index in [0.717, 1.165) is 0 Å². The number of nitrogens with one attached hydrogen (secondary N) is 1. The predicted octanol–water partition coefficient (Wildman–Crippen LogP) is 0.316. The molecule has 5 nitrogen and oxygen atoms in total. The van der Waals surface area contributed by atoms with Crippen LogP contribution in [0.15, 0.2) is 0 Å². The first-order chi connectivity index (χ1) is 4.45. The van der Waals surface area contributed by atoms with Crippen molar-refractivity contribution in [2.24, 2.45) is 5.84 Å². The molecule has 0 aromatic heterocycles. The number of hydrazine groups is 1. The molecule has 5 heteroatoms. The molecule has 0 fully saturated rings. The molecule has 0 aliphatic carbocycles. The van der Waals surface area contributed by atoms with E-state index in [1.807, 2.05) is 0 Å². The lowest BCUT2D eigenvalue weighted by atomic mass is 10.2. The lowest BCUT2D eigenvalue weighted by molar-refractivity contribution is -0.300. The third kappa shape index (κ3) is 5.33. The quantitative estimate of drug-likeness (QED) is 0.243. The Labute approximate surface area is 59.4 Å². The Morgan fingerprint density at radius 1 is 1.50 bits per heavy atom. The smallest absolute Gasteiger partial charge is 0.274 e. The van der Waals surface area contributed by atoms with Gasteiger partial charge in [0.1, 0.15) is 5.60 Å². The summed E-state index contributed by atoms with van der Waals surface area (Å²) in [6.45, 7) is 5.24. The van der Waals surface area contributed by atoms with Crippen molar-refractivity contribution in [1.29, 1.82) is 0 Å². The van der Waals surface area contributed by atoms with Crippen LogP contribution < -0.4 is 11.3 Å². The third-order valence-corrected chi connectivity index (χ3v) is 0.485. The van der Waals surface area contributed by atoms with E-state index in [0.29, 0.717) is 0 Å². The molecular formula is C5H12N2O3. The second-order valence-electron chi connectivity index (χ2n) is 2.71. The summed E-state index contributed by atoms with van der Waals surface area (Å²) in [6, 6.07) is 0. The number of hydrogen-bond donors (Lipinski definition) is 2. The van der Waals surface area contributed by atoms with Gasteiger partial charge in [0.25, 0.3) is 0 Å². The highest BCUT2D eigenvalue weighted by Gasteiger charge is 2.14. The predicted molar refractivity (Wildman–Crippen MR) is 34.6 cm³/mol. The molecule has 0 spiro atoms. The third-order valence-electron chi connectivity index (χ3n) is 0.485. The zero-order chi connectivity index (χ0) is 8.20. The Kier molecular flexibility index (Phi) is 3.11. The topological polar surface area (TPSA) is 73.6 Å². The second kappa shape index (κ2) is 3.38. The first-order valence-corrected chi connectivity index (χ1v) is 2.82. The van der Waals surface area contributed by atoms with Crippen LogP contribution in [0.5, 0.6) is 0 Å². The largest absolute Gasteiger partial charge is 0.452 e. The Balaban J connectivity index is 3.46. The molecule has 0 rings (SSSR count). The van der Waals surface area contributed by atoms with Gasteiger partial charge >= 0.3 is 6.09 Å². The van der Waals surface area contributed by atoms with Crippen molar-refractivity contribution >= 4 is 6.09 Å². The second-order valence-corrected chi connectivity index (χ2v) is 2.71. The van der Waals surface area contributed by atoms with E-state index in [4.69, 9.17) is 5.84 Å². The molecule has 0 saturated heterocycles. The minimum atomic E-state index is -0.810. The fourth-order valence-electron chi connectivity index (χ4n) is 0.187. The van der Waals surface area contributed by atoms with Crippen LogP contribution in [0, 0.1) is 0 Å². The number of rotatable bonds is 1. The SMILES string of the molecule is CC(C)(C)OOC(=O)NN. The van der Waals surface area contributed by atoms with E-state index in [1.54, 1.807) is 26.2 Å². The van der Waals surface area contributed by atoms with Crippen LogP contribution >= 0.6 is 0 Å². The highest BCUT2D eigenvalue weighted by molar-refractivity contribution is 5.65. The molecule has 0 saturated carbocycles. The van der Waals surface area contributed by atoms with E-state index in [1.165, 1.54) is 0 Å². The number of carbonyl (C=O) groups is 1. The fourth-order valence-corrected chi connectivity index (χ4v) is 0.187. The highest BCUT2D eigenvalue weighted by Crippen LogP contribution is 2.06. The molecular weight excluding hydrogens is 136 g/mol. The van der Waals surface area contributed by atoms with Crippen molar-refractivity contribution in [2.45, 2.75) is 26.4 Å². The van der Waals surface area contributed by atoms with Crippen molar-refractivity contribution in [3.8, 4) is 0 Å². The number of hydrogen-bond acceptors (Lipinski definition) is 4. The van der Waals surface area contributed by atoms with Gasteiger partial charge in [0.15, 0.2) is 0 Å². The molecule has 10 heavy (non-hydrogen) atoms. The fraction of sp³-hybridized carbons (Fsp3) is 0.800. The molecule has 0 unspecified atom stereocenters.